The van der Waals surface area contributed by atoms with E-state index in [1.165, 1.54) is 32.1 Å². The highest BCUT2D eigenvalue weighted by Gasteiger charge is 2.56. The fourth-order valence-electron chi connectivity index (χ4n) is 3.53. The molecule has 2 saturated carbocycles. The first-order valence-corrected chi connectivity index (χ1v) is 5.65. The van der Waals surface area contributed by atoms with E-state index in [-0.39, 0.29) is 0 Å². The van der Waals surface area contributed by atoms with Crippen LogP contribution in [0.25, 0.3) is 0 Å². The minimum Gasteiger partial charge on any atom is -0.369 e. The summed E-state index contributed by atoms with van der Waals surface area (Å²) >= 11 is 0. The van der Waals surface area contributed by atoms with Crippen LogP contribution in [-0.2, 0) is 4.74 Å². The van der Waals surface area contributed by atoms with Crippen LogP contribution in [0.15, 0.2) is 12.7 Å². The molecule has 1 aliphatic heterocycles. The average molecular weight is 178 g/mol. The first kappa shape index (κ1) is 8.05. The Balaban J connectivity index is 1.65. The van der Waals surface area contributed by atoms with Gasteiger partial charge in [0.15, 0.2) is 0 Å². The molecule has 0 bridgehead atoms. The van der Waals surface area contributed by atoms with Crippen LogP contribution in [0.3, 0.4) is 0 Å². The molecule has 0 aromatic rings. The average Bonchev–Trinajstić information content (AvgIpc) is 2.81. The van der Waals surface area contributed by atoms with E-state index in [1.54, 1.807) is 0 Å². The third-order valence-corrected chi connectivity index (χ3v) is 4.24. The van der Waals surface area contributed by atoms with Gasteiger partial charge in [0.1, 0.15) is 0 Å². The van der Waals surface area contributed by atoms with Crippen molar-refractivity contribution in [3.63, 3.8) is 0 Å². The summed E-state index contributed by atoms with van der Waals surface area (Å²) in [6, 6.07) is 0. The Morgan fingerprint density at radius 1 is 1.31 bits per heavy atom. The molecule has 5 atom stereocenters. The topological polar surface area (TPSA) is 12.5 Å². The van der Waals surface area contributed by atoms with Crippen LogP contribution in [0.2, 0.25) is 0 Å². The van der Waals surface area contributed by atoms with Gasteiger partial charge in [-0.3, -0.25) is 0 Å². The van der Waals surface area contributed by atoms with Crippen LogP contribution in [0.4, 0.5) is 0 Å². The standard InChI is InChI=1S/C12H18O/c1-2-3-8-4-5-9-7-11-12(13-11)10(9)6-8/h2,8-12H,1,3-7H2. The molecule has 1 nitrogen and oxygen atoms in total. The highest BCUT2D eigenvalue weighted by atomic mass is 16.6. The van der Waals surface area contributed by atoms with Gasteiger partial charge in [0, 0.05) is 0 Å². The molecule has 0 amide bonds. The number of hydrogen-bond acceptors (Lipinski definition) is 1. The summed E-state index contributed by atoms with van der Waals surface area (Å²) in [5, 5.41) is 0. The molecule has 3 aliphatic rings. The normalized spacial score (nSPS) is 52.5. The highest BCUT2D eigenvalue weighted by Crippen LogP contribution is 2.54. The largest absolute Gasteiger partial charge is 0.369 e. The van der Waals surface area contributed by atoms with Gasteiger partial charge in [-0.1, -0.05) is 6.08 Å². The van der Waals surface area contributed by atoms with Gasteiger partial charge in [0.25, 0.3) is 0 Å². The van der Waals surface area contributed by atoms with Crippen molar-refractivity contribution < 1.29 is 4.74 Å². The molecule has 0 spiro atoms. The van der Waals surface area contributed by atoms with E-state index in [9.17, 15) is 0 Å². The van der Waals surface area contributed by atoms with E-state index in [0.29, 0.717) is 12.2 Å². The molecule has 5 unspecified atom stereocenters. The Hall–Kier alpha value is -0.300. The Labute approximate surface area is 80.2 Å². The Bertz CT molecular complexity index is 223. The smallest absolute Gasteiger partial charge is 0.0872 e. The molecule has 72 valence electrons. The second-order valence-corrected chi connectivity index (χ2v) is 5.00. The SMILES string of the molecule is C=CCC1CCC2CC3OC3C2C1. The third-order valence-electron chi connectivity index (χ3n) is 4.24. The Morgan fingerprint density at radius 3 is 3.08 bits per heavy atom. The van der Waals surface area contributed by atoms with Crippen LogP contribution in [0.1, 0.15) is 32.1 Å². The minimum atomic E-state index is 0.678. The molecule has 1 saturated heterocycles. The van der Waals surface area contributed by atoms with Crippen molar-refractivity contribution in [1.82, 2.24) is 0 Å². The second kappa shape index (κ2) is 2.84. The van der Waals surface area contributed by atoms with Gasteiger partial charge < -0.3 is 4.74 Å². The molecule has 1 heteroatoms. The molecular weight excluding hydrogens is 160 g/mol. The maximum absolute atomic E-state index is 5.62. The fraction of sp³-hybridized carbons (Fsp3) is 0.833. The summed E-state index contributed by atoms with van der Waals surface area (Å²) in [5.74, 6) is 2.86. The molecule has 3 rings (SSSR count). The lowest BCUT2D eigenvalue weighted by Crippen LogP contribution is -2.24. The predicted octanol–water partition coefficient (Wildman–Crippen LogP) is 2.77. The Morgan fingerprint density at radius 2 is 2.23 bits per heavy atom. The van der Waals surface area contributed by atoms with Gasteiger partial charge in [-0.15, -0.1) is 6.58 Å². The summed E-state index contributed by atoms with van der Waals surface area (Å²) in [7, 11) is 0. The number of fused-ring (bicyclic) bond motifs is 3. The van der Waals surface area contributed by atoms with Crippen molar-refractivity contribution in [1.29, 1.82) is 0 Å². The number of ether oxygens (including phenoxy) is 1. The van der Waals surface area contributed by atoms with Crippen molar-refractivity contribution in [2.75, 3.05) is 0 Å². The van der Waals surface area contributed by atoms with Gasteiger partial charge in [-0.05, 0) is 49.9 Å². The minimum absolute atomic E-state index is 0.678. The van der Waals surface area contributed by atoms with Crippen LogP contribution in [0.5, 0.6) is 0 Å². The molecule has 0 aromatic heterocycles. The molecule has 0 N–H and O–H groups in total. The van der Waals surface area contributed by atoms with Crippen molar-refractivity contribution in [2.24, 2.45) is 17.8 Å². The zero-order chi connectivity index (χ0) is 8.84. The summed E-state index contributed by atoms with van der Waals surface area (Å²) < 4.78 is 5.62. The van der Waals surface area contributed by atoms with E-state index < -0.39 is 0 Å². The zero-order valence-corrected chi connectivity index (χ0v) is 8.11. The van der Waals surface area contributed by atoms with Gasteiger partial charge in [-0.2, -0.15) is 0 Å². The molecule has 3 fully saturated rings. The first-order valence-electron chi connectivity index (χ1n) is 5.65. The summed E-state index contributed by atoms with van der Waals surface area (Å²) in [4.78, 5) is 0. The lowest BCUT2D eigenvalue weighted by atomic mass is 9.74. The van der Waals surface area contributed by atoms with E-state index >= 15 is 0 Å². The first-order chi connectivity index (χ1) is 6.38. The molecule has 0 aromatic carbocycles. The second-order valence-electron chi connectivity index (χ2n) is 5.00. The summed E-state index contributed by atoms with van der Waals surface area (Å²) in [6.07, 6.45) is 10.3. The summed E-state index contributed by atoms with van der Waals surface area (Å²) in [6.45, 7) is 3.84. The third kappa shape index (κ3) is 1.25. The van der Waals surface area contributed by atoms with Crippen molar-refractivity contribution in [3.8, 4) is 0 Å². The van der Waals surface area contributed by atoms with Crippen LogP contribution in [-0.4, -0.2) is 12.2 Å². The Kier molecular flexibility index (Phi) is 1.76. The zero-order valence-electron chi connectivity index (χ0n) is 8.11. The molecular formula is C12H18O. The number of hydrogen-bond donors (Lipinski definition) is 0. The number of epoxide rings is 1. The van der Waals surface area contributed by atoms with E-state index in [1.807, 2.05) is 0 Å². The van der Waals surface area contributed by atoms with E-state index in [0.717, 1.165) is 17.8 Å². The fourth-order valence-corrected chi connectivity index (χ4v) is 3.53. The van der Waals surface area contributed by atoms with Crippen LogP contribution in [0, 0.1) is 17.8 Å². The molecule has 0 radical (unpaired) electrons. The lowest BCUT2D eigenvalue weighted by Gasteiger charge is -2.32. The quantitative estimate of drug-likeness (QED) is 0.468. The van der Waals surface area contributed by atoms with Crippen molar-refractivity contribution in [2.45, 2.75) is 44.3 Å². The highest BCUT2D eigenvalue weighted by molar-refractivity contribution is 5.04. The maximum atomic E-state index is 5.62. The van der Waals surface area contributed by atoms with E-state index in [2.05, 4.69) is 12.7 Å². The summed E-state index contributed by atoms with van der Waals surface area (Å²) in [5.41, 5.74) is 0. The van der Waals surface area contributed by atoms with Crippen LogP contribution < -0.4 is 0 Å². The van der Waals surface area contributed by atoms with Crippen molar-refractivity contribution >= 4 is 0 Å². The lowest BCUT2D eigenvalue weighted by molar-refractivity contribution is 0.125. The van der Waals surface area contributed by atoms with Crippen LogP contribution >= 0.6 is 0 Å². The number of allylic oxidation sites excluding steroid dienone is 1. The monoisotopic (exact) mass is 178 g/mol. The van der Waals surface area contributed by atoms with Gasteiger partial charge >= 0.3 is 0 Å². The molecule has 1 heterocycles. The van der Waals surface area contributed by atoms with Gasteiger partial charge in [0.2, 0.25) is 0 Å². The number of rotatable bonds is 2. The maximum Gasteiger partial charge on any atom is 0.0872 e. The van der Waals surface area contributed by atoms with Gasteiger partial charge in [-0.25, -0.2) is 0 Å². The molecule has 13 heavy (non-hydrogen) atoms. The van der Waals surface area contributed by atoms with Crippen molar-refractivity contribution in [3.05, 3.63) is 12.7 Å². The van der Waals surface area contributed by atoms with Gasteiger partial charge in [0.05, 0.1) is 12.2 Å². The predicted molar refractivity (Wildman–Crippen MR) is 52.4 cm³/mol. The molecule has 2 aliphatic carbocycles. The van der Waals surface area contributed by atoms with E-state index in [4.69, 9.17) is 4.74 Å².